The van der Waals surface area contributed by atoms with E-state index in [-0.39, 0.29) is 5.91 Å². The van der Waals surface area contributed by atoms with Crippen LogP contribution in [0.4, 0.5) is 0 Å². The van der Waals surface area contributed by atoms with E-state index in [1.54, 1.807) is 0 Å². The van der Waals surface area contributed by atoms with Gasteiger partial charge in [0.05, 0.1) is 13.0 Å². The van der Waals surface area contributed by atoms with Crippen LogP contribution in [0.15, 0.2) is 29.2 Å². The van der Waals surface area contributed by atoms with Gasteiger partial charge in [0.2, 0.25) is 5.91 Å². The van der Waals surface area contributed by atoms with Gasteiger partial charge in [0.15, 0.2) is 0 Å². The van der Waals surface area contributed by atoms with E-state index < -0.39 is 0 Å². The minimum atomic E-state index is 0.209. The molecule has 0 aromatic heterocycles. The lowest BCUT2D eigenvalue weighted by Gasteiger charge is -2.32. The fourth-order valence-electron chi connectivity index (χ4n) is 2.96. The van der Waals surface area contributed by atoms with Gasteiger partial charge in [0, 0.05) is 23.2 Å². The summed E-state index contributed by atoms with van der Waals surface area (Å²) in [4.78, 5) is 15.8. The maximum atomic E-state index is 12.6. The number of carbonyl (C=O) groups is 1. The average molecular weight is 346 g/mol. The molecule has 0 unspecified atom stereocenters. The normalized spacial score (nSPS) is 17.8. The van der Waals surface area contributed by atoms with Gasteiger partial charge < -0.3 is 9.64 Å². The van der Waals surface area contributed by atoms with Gasteiger partial charge in [-0.05, 0) is 36.5 Å². The molecule has 0 saturated carbocycles. The monoisotopic (exact) mass is 345 g/mol. The Morgan fingerprint density at radius 2 is 2.17 bits per heavy atom. The van der Waals surface area contributed by atoms with E-state index in [0.717, 1.165) is 31.5 Å². The summed E-state index contributed by atoms with van der Waals surface area (Å²) in [6.07, 6.45) is 7.83. The standard InChI is InChI=1S/C20H27NO2S/c1-4-12-23-15-18-6-5-11-21(14-18)20(22)13-17-7-9-19(10-8-17)24-16(2)3/h1,7-10,16,18H,5-6,11-15H2,2-3H3/t18-/m0/s1. The summed E-state index contributed by atoms with van der Waals surface area (Å²) in [6, 6.07) is 8.36. The zero-order valence-electron chi connectivity index (χ0n) is 14.7. The summed E-state index contributed by atoms with van der Waals surface area (Å²) in [7, 11) is 0. The topological polar surface area (TPSA) is 29.5 Å². The van der Waals surface area contributed by atoms with Crippen LogP contribution in [-0.4, -0.2) is 42.4 Å². The average Bonchev–Trinajstić information content (AvgIpc) is 2.57. The van der Waals surface area contributed by atoms with E-state index in [1.807, 2.05) is 16.7 Å². The zero-order chi connectivity index (χ0) is 17.4. The van der Waals surface area contributed by atoms with E-state index in [0.29, 0.717) is 30.8 Å². The molecule has 0 bridgehead atoms. The van der Waals surface area contributed by atoms with E-state index in [1.165, 1.54) is 4.90 Å². The van der Waals surface area contributed by atoms with Crippen molar-refractivity contribution < 1.29 is 9.53 Å². The number of nitrogens with zero attached hydrogens (tertiary/aromatic N) is 1. The Hall–Kier alpha value is -1.44. The van der Waals surface area contributed by atoms with Crippen LogP contribution < -0.4 is 0 Å². The van der Waals surface area contributed by atoms with Crippen LogP contribution in [0.5, 0.6) is 0 Å². The molecule has 0 aliphatic carbocycles. The molecule has 3 nitrogen and oxygen atoms in total. The Labute approximate surface area is 150 Å². The fraction of sp³-hybridized carbons (Fsp3) is 0.550. The Morgan fingerprint density at radius 3 is 2.83 bits per heavy atom. The van der Waals surface area contributed by atoms with Gasteiger partial charge in [-0.2, -0.15) is 0 Å². The highest BCUT2D eigenvalue weighted by atomic mass is 32.2. The second-order valence-electron chi connectivity index (χ2n) is 6.55. The predicted octanol–water partition coefficient (Wildman–Crippen LogP) is 3.62. The number of rotatable bonds is 7. The molecule has 1 amide bonds. The number of terminal acetylenes is 1. The van der Waals surface area contributed by atoms with Crippen LogP contribution in [-0.2, 0) is 16.0 Å². The minimum absolute atomic E-state index is 0.209. The van der Waals surface area contributed by atoms with E-state index in [2.05, 4.69) is 44.0 Å². The number of ether oxygens (including phenoxy) is 1. The van der Waals surface area contributed by atoms with Crippen molar-refractivity contribution in [2.45, 2.75) is 43.3 Å². The largest absolute Gasteiger partial charge is 0.368 e. The molecule has 1 atom stereocenters. The molecule has 1 fully saturated rings. The zero-order valence-corrected chi connectivity index (χ0v) is 15.5. The van der Waals surface area contributed by atoms with E-state index >= 15 is 0 Å². The summed E-state index contributed by atoms with van der Waals surface area (Å²) in [6.45, 7) is 7.00. The molecule has 1 heterocycles. The molecule has 1 aromatic carbocycles. The molecular formula is C20H27NO2S. The molecule has 1 aromatic rings. The van der Waals surface area contributed by atoms with Gasteiger partial charge in [0.1, 0.15) is 6.61 Å². The lowest BCUT2D eigenvalue weighted by Crippen LogP contribution is -2.42. The molecular weight excluding hydrogens is 318 g/mol. The van der Waals surface area contributed by atoms with Gasteiger partial charge in [-0.15, -0.1) is 18.2 Å². The molecule has 1 aliphatic heterocycles. The number of hydrogen-bond acceptors (Lipinski definition) is 3. The third-order valence-electron chi connectivity index (χ3n) is 4.06. The van der Waals surface area contributed by atoms with E-state index in [9.17, 15) is 4.79 Å². The third-order valence-corrected chi connectivity index (χ3v) is 5.08. The van der Waals surface area contributed by atoms with Crippen LogP contribution in [0.3, 0.4) is 0 Å². The number of amides is 1. The number of benzene rings is 1. The smallest absolute Gasteiger partial charge is 0.226 e. The lowest BCUT2D eigenvalue weighted by molar-refractivity contribution is -0.132. The summed E-state index contributed by atoms with van der Waals surface area (Å²) in [5.41, 5.74) is 1.08. The van der Waals surface area contributed by atoms with Gasteiger partial charge in [0.25, 0.3) is 0 Å². The molecule has 1 saturated heterocycles. The predicted molar refractivity (Wildman–Crippen MR) is 100 cm³/mol. The summed E-state index contributed by atoms with van der Waals surface area (Å²) < 4.78 is 5.44. The molecule has 0 radical (unpaired) electrons. The van der Waals surface area contributed by atoms with Crippen molar-refractivity contribution in [3.05, 3.63) is 29.8 Å². The number of thioether (sulfide) groups is 1. The SMILES string of the molecule is C#CCOC[C@H]1CCCN(C(=O)Cc2ccc(SC(C)C)cc2)C1. The Bertz CT molecular complexity index is 562. The van der Waals surface area contributed by atoms with Crippen molar-refractivity contribution in [3.63, 3.8) is 0 Å². The fourth-order valence-corrected chi connectivity index (χ4v) is 3.79. The van der Waals surface area contributed by atoms with Crippen molar-refractivity contribution in [2.24, 2.45) is 5.92 Å². The number of hydrogen-bond donors (Lipinski definition) is 0. The maximum Gasteiger partial charge on any atom is 0.226 e. The lowest BCUT2D eigenvalue weighted by atomic mass is 9.98. The van der Waals surface area contributed by atoms with Crippen molar-refractivity contribution in [1.29, 1.82) is 0 Å². The van der Waals surface area contributed by atoms with Crippen LogP contribution >= 0.6 is 11.8 Å². The summed E-state index contributed by atoms with van der Waals surface area (Å²) >= 11 is 1.84. The van der Waals surface area contributed by atoms with Gasteiger partial charge in [-0.25, -0.2) is 0 Å². The molecule has 130 valence electrons. The maximum absolute atomic E-state index is 12.6. The van der Waals surface area contributed by atoms with Gasteiger partial charge >= 0.3 is 0 Å². The van der Waals surface area contributed by atoms with Crippen LogP contribution in [0.2, 0.25) is 0 Å². The van der Waals surface area contributed by atoms with Gasteiger partial charge in [-0.1, -0.05) is 31.9 Å². The number of likely N-dealkylation sites (tertiary alicyclic amines) is 1. The quantitative estimate of drug-likeness (QED) is 0.429. The molecule has 1 aliphatic rings. The highest BCUT2D eigenvalue weighted by molar-refractivity contribution is 7.99. The highest BCUT2D eigenvalue weighted by Crippen LogP contribution is 2.23. The second kappa shape index (κ2) is 9.76. The van der Waals surface area contributed by atoms with Crippen molar-refractivity contribution in [2.75, 3.05) is 26.3 Å². The summed E-state index contributed by atoms with van der Waals surface area (Å²) in [5, 5.41) is 0.569. The first kappa shape index (κ1) is 18.9. The molecule has 0 N–H and O–H groups in total. The molecule has 4 heteroatoms. The second-order valence-corrected chi connectivity index (χ2v) is 8.20. The van der Waals surface area contributed by atoms with E-state index in [4.69, 9.17) is 11.2 Å². The first-order valence-electron chi connectivity index (χ1n) is 8.63. The van der Waals surface area contributed by atoms with Gasteiger partial charge in [-0.3, -0.25) is 4.79 Å². The third kappa shape index (κ3) is 6.22. The van der Waals surface area contributed by atoms with Crippen molar-refractivity contribution in [1.82, 2.24) is 4.90 Å². The minimum Gasteiger partial charge on any atom is -0.368 e. The summed E-state index contributed by atoms with van der Waals surface area (Å²) in [5.74, 6) is 3.10. The first-order valence-corrected chi connectivity index (χ1v) is 9.51. The highest BCUT2D eigenvalue weighted by Gasteiger charge is 2.23. The Kier molecular flexibility index (Phi) is 7.68. The Morgan fingerprint density at radius 1 is 1.42 bits per heavy atom. The van der Waals surface area contributed by atoms with Crippen molar-refractivity contribution >= 4 is 17.7 Å². The molecule has 2 rings (SSSR count). The first-order chi connectivity index (χ1) is 11.6. The number of carbonyl (C=O) groups excluding carboxylic acids is 1. The Balaban J connectivity index is 1.84. The number of piperidine rings is 1. The molecule has 0 spiro atoms. The van der Waals surface area contributed by atoms with Crippen LogP contribution in [0, 0.1) is 18.3 Å². The van der Waals surface area contributed by atoms with Crippen molar-refractivity contribution in [3.8, 4) is 12.3 Å². The van der Waals surface area contributed by atoms with Crippen LogP contribution in [0.1, 0.15) is 32.3 Å². The molecule has 24 heavy (non-hydrogen) atoms. The van der Waals surface area contributed by atoms with Crippen LogP contribution in [0.25, 0.3) is 0 Å².